The van der Waals surface area contributed by atoms with Crippen molar-refractivity contribution >= 4 is 39.1 Å². The summed E-state index contributed by atoms with van der Waals surface area (Å²) in [6.07, 6.45) is -0.0500. The molecular weight excluding hydrogens is 498 g/mol. The van der Waals surface area contributed by atoms with Crippen LogP contribution < -0.4 is 14.4 Å². The van der Waals surface area contributed by atoms with Crippen molar-refractivity contribution in [2.24, 2.45) is 0 Å². The molecular formula is C27H24BrNO5. The van der Waals surface area contributed by atoms with Crippen LogP contribution in [-0.4, -0.2) is 30.0 Å². The molecule has 1 unspecified atom stereocenters. The van der Waals surface area contributed by atoms with Crippen LogP contribution in [0.15, 0.2) is 82.8 Å². The van der Waals surface area contributed by atoms with Gasteiger partial charge >= 0.3 is 0 Å². The Bertz CT molecular complexity index is 1250. The summed E-state index contributed by atoms with van der Waals surface area (Å²) < 4.78 is 11.9. The zero-order chi connectivity index (χ0) is 24.4. The molecule has 0 bridgehead atoms. The maximum absolute atomic E-state index is 13.3. The molecule has 1 aliphatic rings. The maximum atomic E-state index is 13.3. The van der Waals surface area contributed by atoms with Crippen LogP contribution in [0, 0.1) is 0 Å². The molecule has 4 rings (SSSR count). The number of aliphatic hydroxyl groups excluding tert-OH is 1. The minimum atomic E-state index is -0.840. The molecule has 7 heteroatoms. The summed E-state index contributed by atoms with van der Waals surface area (Å²) in [5, 5.41) is 11.2. The zero-order valence-electron chi connectivity index (χ0n) is 19.0. The zero-order valence-corrected chi connectivity index (χ0v) is 20.6. The van der Waals surface area contributed by atoms with E-state index >= 15 is 0 Å². The predicted molar refractivity (Wildman–Crippen MR) is 134 cm³/mol. The van der Waals surface area contributed by atoms with Crippen molar-refractivity contribution in [3.05, 3.63) is 94.0 Å². The number of aliphatic hydroxyl groups is 1. The van der Waals surface area contributed by atoms with E-state index in [1.54, 1.807) is 67.8 Å². The van der Waals surface area contributed by atoms with Gasteiger partial charge in [-0.05, 0) is 67.9 Å². The molecule has 1 atom stereocenters. The fraction of sp³-hybridized carbons (Fsp3) is 0.185. The number of halogens is 1. The molecule has 34 heavy (non-hydrogen) atoms. The molecule has 6 nitrogen and oxygen atoms in total. The van der Waals surface area contributed by atoms with E-state index in [9.17, 15) is 14.7 Å². The molecule has 0 aliphatic carbocycles. The molecule has 1 N–H and O–H groups in total. The Morgan fingerprint density at radius 2 is 1.65 bits per heavy atom. The van der Waals surface area contributed by atoms with Crippen LogP contribution in [0.1, 0.15) is 31.0 Å². The second kappa shape index (κ2) is 9.73. The Morgan fingerprint density at radius 3 is 2.26 bits per heavy atom. The topological polar surface area (TPSA) is 76.1 Å². The van der Waals surface area contributed by atoms with Gasteiger partial charge in [0.15, 0.2) is 0 Å². The van der Waals surface area contributed by atoms with Crippen molar-refractivity contribution in [1.29, 1.82) is 0 Å². The molecule has 0 radical (unpaired) electrons. The van der Waals surface area contributed by atoms with E-state index in [1.807, 2.05) is 26.0 Å². The fourth-order valence-electron chi connectivity index (χ4n) is 3.95. The van der Waals surface area contributed by atoms with Crippen LogP contribution in [0.2, 0.25) is 0 Å². The number of benzene rings is 3. The first-order valence-corrected chi connectivity index (χ1v) is 11.6. The lowest BCUT2D eigenvalue weighted by atomic mass is 9.95. The van der Waals surface area contributed by atoms with Gasteiger partial charge in [-0.1, -0.05) is 40.2 Å². The first-order valence-electron chi connectivity index (χ1n) is 10.8. The Labute approximate surface area is 206 Å². The number of hydrogen-bond acceptors (Lipinski definition) is 5. The second-order valence-electron chi connectivity index (χ2n) is 8.11. The van der Waals surface area contributed by atoms with E-state index in [0.717, 1.165) is 4.47 Å². The Balaban J connectivity index is 1.91. The summed E-state index contributed by atoms with van der Waals surface area (Å²) in [4.78, 5) is 27.9. The van der Waals surface area contributed by atoms with Gasteiger partial charge in [0.1, 0.15) is 17.3 Å². The first kappa shape index (κ1) is 23.6. The van der Waals surface area contributed by atoms with E-state index in [2.05, 4.69) is 15.9 Å². The summed E-state index contributed by atoms with van der Waals surface area (Å²) in [6.45, 7) is 3.84. The van der Waals surface area contributed by atoms with E-state index < -0.39 is 17.7 Å². The van der Waals surface area contributed by atoms with Crippen LogP contribution in [0.3, 0.4) is 0 Å². The molecule has 1 saturated heterocycles. The Kier molecular flexibility index (Phi) is 6.75. The largest absolute Gasteiger partial charge is 0.507 e. The number of carbonyl (C=O) groups is 2. The second-order valence-corrected chi connectivity index (χ2v) is 9.03. The highest BCUT2D eigenvalue weighted by Crippen LogP contribution is 2.43. The number of hydrogen-bond donors (Lipinski definition) is 1. The fourth-order valence-corrected chi connectivity index (χ4v) is 4.21. The molecule has 3 aromatic rings. The van der Waals surface area contributed by atoms with Gasteiger partial charge in [-0.3, -0.25) is 14.5 Å². The summed E-state index contributed by atoms with van der Waals surface area (Å²) >= 11 is 3.38. The third-order valence-corrected chi connectivity index (χ3v) is 5.99. The van der Waals surface area contributed by atoms with Crippen molar-refractivity contribution < 1.29 is 24.2 Å². The van der Waals surface area contributed by atoms with Crippen molar-refractivity contribution in [3.63, 3.8) is 0 Å². The number of ether oxygens (including phenoxy) is 2. The molecule has 1 amide bonds. The van der Waals surface area contributed by atoms with Gasteiger partial charge in [0, 0.05) is 15.7 Å². The highest BCUT2D eigenvalue weighted by molar-refractivity contribution is 9.10. The van der Waals surface area contributed by atoms with Gasteiger partial charge < -0.3 is 14.6 Å². The number of nitrogens with zero attached hydrogens (tertiary/aromatic N) is 1. The van der Waals surface area contributed by atoms with Crippen molar-refractivity contribution in [1.82, 2.24) is 0 Å². The van der Waals surface area contributed by atoms with Gasteiger partial charge in [-0.2, -0.15) is 0 Å². The van der Waals surface area contributed by atoms with E-state index in [1.165, 1.54) is 4.90 Å². The van der Waals surface area contributed by atoms with E-state index in [0.29, 0.717) is 28.3 Å². The van der Waals surface area contributed by atoms with Gasteiger partial charge in [-0.15, -0.1) is 0 Å². The molecule has 174 valence electrons. The number of methoxy groups -OCH3 is 1. The average molecular weight is 522 g/mol. The van der Waals surface area contributed by atoms with Crippen molar-refractivity contribution in [2.45, 2.75) is 26.0 Å². The summed E-state index contributed by atoms with van der Waals surface area (Å²) in [5.41, 5.74) is 1.62. The number of anilines is 1. The van der Waals surface area contributed by atoms with Gasteiger partial charge in [0.2, 0.25) is 0 Å². The van der Waals surface area contributed by atoms with Crippen molar-refractivity contribution in [3.8, 4) is 11.5 Å². The van der Waals surface area contributed by atoms with Crippen LogP contribution >= 0.6 is 15.9 Å². The van der Waals surface area contributed by atoms with Gasteiger partial charge in [0.25, 0.3) is 11.7 Å². The minimum absolute atomic E-state index is 0.0184. The lowest BCUT2D eigenvalue weighted by Crippen LogP contribution is -2.29. The molecule has 0 saturated carbocycles. The van der Waals surface area contributed by atoms with E-state index in [4.69, 9.17) is 9.47 Å². The molecule has 1 heterocycles. The third kappa shape index (κ3) is 4.56. The molecule has 0 spiro atoms. The quantitative estimate of drug-likeness (QED) is 0.249. The number of Topliss-reactive ketones (excluding diaryl/α,β-unsaturated/α-hetero) is 1. The summed E-state index contributed by atoms with van der Waals surface area (Å²) in [6, 6.07) is 20.2. The monoisotopic (exact) mass is 521 g/mol. The highest BCUT2D eigenvalue weighted by Gasteiger charge is 2.47. The Hall–Kier alpha value is -3.58. The van der Waals surface area contributed by atoms with Gasteiger partial charge in [-0.25, -0.2) is 0 Å². The predicted octanol–water partition coefficient (Wildman–Crippen LogP) is 5.87. The number of rotatable bonds is 6. The number of ketones is 1. The van der Waals surface area contributed by atoms with Crippen LogP contribution in [0.25, 0.3) is 5.76 Å². The summed E-state index contributed by atoms with van der Waals surface area (Å²) in [5.74, 6) is -0.474. The highest BCUT2D eigenvalue weighted by atomic mass is 79.9. The summed E-state index contributed by atoms with van der Waals surface area (Å²) in [7, 11) is 1.56. The van der Waals surface area contributed by atoms with Crippen LogP contribution in [0.5, 0.6) is 11.5 Å². The SMILES string of the molecule is COc1ccc(N2C(=O)C(=O)/C(=C(\O)c3ccc(Br)cc3)C2c2cccc(OC(C)C)c2)cc1. The average Bonchev–Trinajstić information content (AvgIpc) is 3.09. The number of carbonyl (C=O) groups excluding carboxylic acids is 2. The minimum Gasteiger partial charge on any atom is -0.507 e. The van der Waals surface area contributed by atoms with E-state index in [-0.39, 0.29) is 17.4 Å². The molecule has 3 aromatic carbocycles. The first-order chi connectivity index (χ1) is 16.3. The smallest absolute Gasteiger partial charge is 0.300 e. The van der Waals surface area contributed by atoms with Gasteiger partial charge in [0.05, 0.1) is 24.8 Å². The van der Waals surface area contributed by atoms with Crippen LogP contribution in [0.4, 0.5) is 5.69 Å². The molecule has 1 fully saturated rings. The normalized spacial score (nSPS) is 17.3. The standard InChI is InChI=1S/C27H24BrNO5/c1-16(2)34-22-6-4-5-18(15-22)24-23(25(30)17-7-9-19(28)10-8-17)26(31)27(32)29(24)20-11-13-21(33-3)14-12-20/h4-16,24,30H,1-3H3/b25-23-. The maximum Gasteiger partial charge on any atom is 0.300 e. The Morgan fingerprint density at radius 1 is 0.971 bits per heavy atom. The molecule has 0 aromatic heterocycles. The third-order valence-electron chi connectivity index (χ3n) is 5.46. The lowest BCUT2D eigenvalue weighted by molar-refractivity contribution is -0.132. The lowest BCUT2D eigenvalue weighted by Gasteiger charge is -2.26. The number of amides is 1. The van der Waals surface area contributed by atoms with Crippen LogP contribution in [-0.2, 0) is 9.59 Å². The molecule has 1 aliphatic heterocycles. The van der Waals surface area contributed by atoms with Crippen molar-refractivity contribution in [2.75, 3.05) is 12.0 Å².